The van der Waals surface area contributed by atoms with E-state index in [1.165, 1.54) is 0 Å². The van der Waals surface area contributed by atoms with E-state index in [-0.39, 0.29) is 36.8 Å². The van der Waals surface area contributed by atoms with Crippen molar-refractivity contribution in [3.63, 3.8) is 0 Å². The number of hydrogen-bond acceptors (Lipinski definition) is 5. The van der Waals surface area contributed by atoms with Crippen LogP contribution in [0, 0.1) is 5.41 Å². The summed E-state index contributed by atoms with van der Waals surface area (Å²) in [5, 5.41) is 3.24. The van der Waals surface area contributed by atoms with Gasteiger partial charge in [-0.15, -0.1) is 24.8 Å². The number of carbonyl (C=O) groups is 1. The van der Waals surface area contributed by atoms with Gasteiger partial charge in [-0.2, -0.15) is 0 Å². The van der Waals surface area contributed by atoms with Gasteiger partial charge in [0.05, 0.1) is 18.1 Å². The number of nitrogens with one attached hydrogen (secondary N) is 1. The smallest absolute Gasteiger partial charge is 0.227 e. The summed E-state index contributed by atoms with van der Waals surface area (Å²) in [5.41, 5.74) is 5.49. The Morgan fingerprint density at radius 3 is 2.40 bits per heavy atom. The predicted molar refractivity (Wildman–Crippen MR) is 105 cm³/mol. The lowest BCUT2D eigenvalue weighted by atomic mass is 9.79. The summed E-state index contributed by atoms with van der Waals surface area (Å²) in [4.78, 5) is 15.1. The molecule has 0 aliphatic carbocycles. The normalized spacial score (nSPS) is 21.3. The summed E-state index contributed by atoms with van der Waals surface area (Å²) < 4.78 is 11.0. The summed E-state index contributed by atoms with van der Waals surface area (Å²) >= 11 is 0. The molecule has 2 aliphatic heterocycles. The van der Waals surface area contributed by atoms with Gasteiger partial charge in [0.15, 0.2) is 0 Å². The third kappa shape index (κ3) is 7.57. The number of halogens is 2. The molecule has 2 rings (SSSR count). The molecule has 8 heteroatoms. The first kappa shape index (κ1) is 24.9. The first-order valence-electron chi connectivity index (χ1n) is 8.98. The molecule has 0 aromatic carbocycles. The number of amides is 1. The van der Waals surface area contributed by atoms with E-state index >= 15 is 0 Å². The predicted octanol–water partition coefficient (Wildman–Crippen LogP) is 1.59. The molecule has 6 nitrogen and oxygen atoms in total. The molecule has 3 N–H and O–H groups in total. The van der Waals surface area contributed by atoms with Gasteiger partial charge in [0.25, 0.3) is 0 Å². The summed E-state index contributed by atoms with van der Waals surface area (Å²) in [5.74, 6) is 0.130. The second-order valence-electron chi connectivity index (χ2n) is 7.11. The molecule has 0 saturated carbocycles. The number of likely N-dealkylation sites (tertiary alicyclic amines) is 1. The van der Waals surface area contributed by atoms with E-state index < -0.39 is 5.41 Å². The van der Waals surface area contributed by atoms with E-state index in [2.05, 4.69) is 24.1 Å². The average molecular weight is 400 g/mol. The van der Waals surface area contributed by atoms with Gasteiger partial charge in [-0.3, -0.25) is 4.79 Å². The first-order valence-corrected chi connectivity index (χ1v) is 8.98. The molecule has 1 amide bonds. The van der Waals surface area contributed by atoms with Crippen molar-refractivity contribution in [1.82, 2.24) is 10.2 Å². The fourth-order valence-corrected chi connectivity index (χ4v) is 3.34. The topological polar surface area (TPSA) is 76.8 Å². The lowest BCUT2D eigenvalue weighted by Gasteiger charge is -2.38. The van der Waals surface area contributed by atoms with Crippen LogP contribution in [0.4, 0.5) is 0 Å². The number of piperidine rings is 1. The maximum Gasteiger partial charge on any atom is 0.227 e. The molecule has 2 heterocycles. The maximum atomic E-state index is 12.7. The van der Waals surface area contributed by atoms with Crippen LogP contribution in [0.2, 0.25) is 0 Å². The Bertz CT molecular complexity index is 372. The quantitative estimate of drug-likeness (QED) is 0.679. The fourth-order valence-electron chi connectivity index (χ4n) is 3.34. The zero-order valence-corrected chi connectivity index (χ0v) is 17.1. The number of nitrogens with two attached hydrogens (primary N) is 1. The number of nitrogens with zero attached hydrogens (tertiary/aromatic N) is 1. The molecule has 0 aromatic rings. The Balaban J connectivity index is 0.00000288. The van der Waals surface area contributed by atoms with Crippen molar-refractivity contribution in [3.8, 4) is 0 Å². The molecular weight excluding hydrogens is 365 g/mol. The highest BCUT2D eigenvalue weighted by molar-refractivity contribution is 5.85. The van der Waals surface area contributed by atoms with Crippen molar-refractivity contribution in [3.05, 3.63) is 0 Å². The molecular formula is C17H35Cl2N3O3. The Hall–Kier alpha value is -0.110. The molecule has 0 bridgehead atoms. The zero-order valence-electron chi connectivity index (χ0n) is 15.5. The average Bonchev–Trinajstić information content (AvgIpc) is 2.56. The molecule has 0 radical (unpaired) electrons. The summed E-state index contributed by atoms with van der Waals surface area (Å²) in [6, 6.07) is 0.274. The van der Waals surface area contributed by atoms with E-state index in [1.54, 1.807) is 0 Å². The summed E-state index contributed by atoms with van der Waals surface area (Å²) in [7, 11) is 0. The molecule has 2 saturated heterocycles. The standard InChI is InChI=1S/C17H33N3O3.2ClH/c1-14(2)23-12-9-20-7-3-15(4-8-20)19-16(21)17(13-18)5-10-22-11-6-17;;/h14-15H,3-13,18H2,1-2H3,(H,19,21);2*1H. The van der Waals surface area contributed by atoms with E-state index in [0.29, 0.717) is 25.9 Å². The van der Waals surface area contributed by atoms with Gasteiger partial charge in [-0.1, -0.05) is 0 Å². The van der Waals surface area contributed by atoms with Crippen LogP contribution in [0.1, 0.15) is 39.5 Å². The van der Waals surface area contributed by atoms with Gasteiger partial charge in [-0.05, 0) is 39.5 Å². The van der Waals surface area contributed by atoms with Crippen LogP contribution in [-0.4, -0.2) is 69.0 Å². The van der Waals surface area contributed by atoms with Gasteiger partial charge < -0.3 is 25.4 Å². The highest BCUT2D eigenvalue weighted by Crippen LogP contribution is 2.30. The largest absolute Gasteiger partial charge is 0.381 e. The highest BCUT2D eigenvalue weighted by atomic mass is 35.5. The van der Waals surface area contributed by atoms with E-state index in [1.807, 2.05) is 0 Å². The second-order valence-corrected chi connectivity index (χ2v) is 7.11. The molecule has 2 fully saturated rings. The zero-order chi connectivity index (χ0) is 16.7. The lowest BCUT2D eigenvalue weighted by molar-refractivity contribution is -0.137. The summed E-state index contributed by atoms with van der Waals surface area (Å²) in [6.07, 6.45) is 3.77. The van der Waals surface area contributed by atoms with Gasteiger partial charge in [0.2, 0.25) is 5.91 Å². The van der Waals surface area contributed by atoms with Gasteiger partial charge in [-0.25, -0.2) is 0 Å². The Morgan fingerprint density at radius 2 is 1.88 bits per heavy atom. The fraction of sp³-hybridized carbons (Fsp3) is 0.941. The van der Waals surface area contributed by atoms with E-state index in [4.69, 9.17) is 15.2 Å². The minimum atomic E-state index is -0.416. The Morgan fingerprint density at radius 1 is 1.28 bits per heavy atom. The maximum absolute atomic E-state index is 12.7. The second kappa shape index (κ2) is 12.3. The van der Waals surface area contributed by atoms with Crippen molar-refractivity contribution in [2.75, 3.05) is 46.0 Å². The monoisotopic (exact) mass is 399 g/mol. The van der Waals surface area contributed by atoms with Gasteiger partial charge in [0.1, 0.15) is 0 Å². The number of hydrogen-bond donors (Lipinski definition) is 2. The van der Waals surface area contributed by atoms with Crippen LogP contribution in [0.15, 0.2) is 0 Å². The SMILES string of the molecule is CC(C)OCCN1CCC(NC(=O)C2(CN)CCOCC2)CC1.Cl.Cl. The molecule has 150 valence electrons. The third-order valence-corrected chi connectivity index (χ3v) is 5.10. The summed E-state index contributed by atoms with van der Waals surface area (Å²) in [6.45, 7) is 9.60. The van der Waals surface area contributed by atoms with Crippen LogP contribution < -0.4 is 11.1 Å². The number of rotatable bonds is 7. The highest BCUT2D eigenvalue weighted by Gasteiger charge is 2.39. The van der Waals surface area contributed by atoms with E-state index in [9.17, 15) is 4.79 Å². The minimum Gasteiger partial charge on any atom is -0.381 e. The lowest BCUT2D eigenvalue weighted by Crippen LogP contribution is -2.54. The number of ether oxygens (including phenoxy) is 2. The van der Waals surface area contributed by atoms with Crippen LogP contribution in [-0.2, 0) is 14.3 Å². The van der Waals surface area contributed by atoms with Crippen LogP contribution in [0.25, 0.3) is 0 Å². The Labute approximate surface area is 164 Å². The van der Waals surface area contributed by atoms with Crippen LogP contribution >= 0.6 is 24.8 Å². The van der Waals surface area contributed by atoms with Gasteiger partial charge in [0, 0.05) is 45.4 Å². The van der Waals surface area contributed by atoms with Crippen molar-refractivity contribution < 1.29 is 14.3 Å². The van der Waals surface area contributed by atoms with Crippen molar-refractivity contribution in [2.24, 2.45) is 11.1 Å². The number of carbonyl (C=O) groups excluding carboxylic acids is 1. The van der Waals surface area contributed by atoms with E-state index in [0.717, 1.165) is 51.9 Å². The van der Waals surface area contributed by atoms with Crippen LogP contribution in [0.3, 0.4) is 0 Å². The Kier molecular flexibility index (Phi) is 12.3. The first-order chi connectivity index (χ1) is 11.1. The minimum absolute atomic E-state index is 0. The molecule has 0 aromatic heterocycles. The molecule has 0 unspecified atom stereocenters. The molecule has 25 heavy (non-hydrogen) atoms. The van der Waals surface area contributed by atoms with Gasteiger partial charge >= 0.3 is 0 Å². The molecule has 2 aliphatic rings. The van der Waals surface area contributed by atoms with Crippen molar-refractivity contribution in [1.29, 1.82) is 0 Å². The van der Waals surface area contributed by atoms with Crippen LogP contribution in [0.5, 0.6) is 0 Å². The third-order valence-electron chi connectivity index (χ3n) is 5.10. The molecule has 0 spiro atoms. The molecule has 0 atom stereocenters. The van der Waals surface area contributed by atoms with Crippen molar-refractivity contribution >= 4 is 30.7 Å². The van der Waals surface area contributed by atoms with Crippen molar-refractivity contribution in [2.45, 2.75) is 51.7 Å².